The first-order valence-electron chi connectivity index (χ1n) is 6.42. The Labute approximate surface area is 117 Å². The van der Waals surface area contributed by atoms with Crippen LogP contribution < -0.4 is 0 Å². The molecule has 3 heteroatoms. The summed E-state index contributed by atoms with van der Waals surface area (Å²) in [5.41, 5.74) is 3.41. The highest BCUT2D eigenvalue weighted by molar-refractivity contribution is 5.94. The summed E-state index contributed by atoms with van der Waals surface area (Å²) in [6.07, 6.45) is 1.68. The van der Waals surface area contributed by atoms with Crippen LogP contribution in [-0.4, -0.2) is 16.3 Å². The smallest absolute Gasteiger partial charge is 0.124 e. The van der Waals surface area contributed by atoms with E-state index in [1.807, 2.05) is 49.4 Å². The van der Waals surface area contributed by atoms with Gasteiger partial charge < -0.3 is 5.11 Å². The highest BCUT2D eigenvalue weighted by Crippen LogP contribution is 2.26. The molecule has 0 bridgehead atoms. The van der Waals surface area contributed by atoms with Crippen LogP contribution in [0.15, 0.2) is 59.6 Å². The number of aromatic nitrogens is 1. The van der Waals surface area contributed by atoms with Crippen molar-refractivity contribution >= 4 is 22.8 Å². The minimum Gasteiger partial charge on any atom is -0.507 e. The Morgan fingerprint density at radius 1 is 1.05 bits per heavy atom. The van der Waals surface area contributed by atoms with E-state index in [9.17, 15) is 5.11 Å². The summed E-state index contributed by atoms with van der Waals surface area (Å²) in [5.74, 6) is 0.228. The maximum absolute atomic E-state index is 9.75. The van der Waals surface area contributed by atoms with E-state index in [0.29, 0.717) is 5.56 Å². The van der Waals surface area contributed by atoms with Gasteiger partial charge in [-0.3, -0.25) is 9.98 Å². The summed E-state index contributed by atoms with van der Waals surface area (Å²) in [7, 11) is 0. The Morgan fingerprint density at radius 2 is 1.80 bits per heavy atom. The third kappa shape index (κ3) is 2.38. The number of fused-ring (bicyclic) bond motifs is 1. The zero-order valence-corrected chi connectivity index (χ0v) is 11.1. The molecule has 1 N–H and O–H groups in total. The Hall–Kier alpha value is -2.68. The molecule has 0 amide bonds. The van der Waals surface area contributed by atoms with Crippen LogP contribution in [0.3, 0.4) is 0 Å². The van der Waals surface area contributed by atoms with E-state index in [0.717, 1.165) is 22.3 Å². The van der Waals surface area contributed by atoms with Crippen molar-refractivity contribution in [2.45, 2.75) is 6.92 Å². The van der Waals surface area contributed by atoms with Crippen molar-refractivity contribution in [1.82, 2.24) is 4.98 Å². The second-order valence-electron chi connectivity index (χ2n) is 4.62. The number of pyridine rings is 1. The van der Waals surface area contributed by atoms with Gasteiger partial charge in [0, 0.05) is 22.9 Å². The predicted octanol–water partition coefficient (Wildman–Crippen LogP) is 4.00. The first-order chi connectivity index (χ1) is 9.74. The fraction of sp³-hybridized carbons (Fsp3) is 0.0588. The largest absolute Gasteiger partial charge is 0.507 e. The second kappa shape index (κ2) is 5.13. The van der Waals surface area contributed by atoms with Crippen LogP contribution >= 0.6 is 0 Å². The number of hydrogen-bond acceptors (Lipinski definition) is 3. The third-order valence-corrected chi connectivity index (χ3v) is 3.10. The molecule has 0 fully saturated rings. The monoisotopic (exact) mass is 262 g/mol. The van der Waals surface area contributed by atoms with Gasteiger partial charge in [0.25, 0.3) is 0 Å². The molecule has 0 radical (unpaired) electrons. The highest BCUT2D eigenvalue weighted by atomic mass is 16.3. The van der Waals surface area contributed by atoms with Crippen LogP contribution in [0.25, 0.3) is 10.9 Å². The second-order valence-corrected chi connectivity index (χ2v) is 4.62. The molecule has 1 heterocycles. The van der Waals surface area contributed by atoms with E-state index in [2.05, 4.69) is 9.98 Å². The van der Waals surface area contributed by atoms with E-state index >= 15 is 0 Å². The van der Waals surface area contributed by atoms with Crippen molar-refractivity contribution in [1.29, 1.82) is 0 Å². The molecule has 0 saturated carbocycles. The normalized spacial score (nSPS) is 11.2. The Kier molecular flexibility index (Phi) is 3.17. The van der Waals surface area contributed by atoms with Gasteiger partial charge in [-0.2, -0.15) is 0 Å². The van der Waals surface area contributed by atoms with E-state index in [-0.39, 0.29) is 5.75 Å². The number of phenols is 1. The van der Waals surface area contributed by atoms with Crippen molar-refractivity contribution in [3.63, 3.8) is 0 Å². The van der Waals surface area contributed by atoms with Crippen LogP contribution in [0.4, 0.5) is 5.69 Å². The molecular formula is C17H14N2O. The van der Waals surface area contributed by atoms with Crippen molar-refractivity contribution in [3.8, 4) is 5.75 Å². The Balaban J connectivity index is 2.09. The lowest BCUT2D eigenvalue weighted by Crippen LogP contribution is -1.85. The molecule has 98 valence electrons. The van der Waals surface area contributed by atoms with Gasteiger partial charge in [-0.15, -0.1) is 0 Å². The maximum Gasteiger partial charge on any atom is 0.124 e. The molecule has 0 aliphatic carbocycles. The van der Waals surface area contributed by atoms with E-state index in [1.165, 1.54) is 0 Å². The van der Waals surface area contributed by atoms with Gasteiger partial charge in [0.05, 0.1) is 11.2 Å². The Bertz CT molecular complexity index is 794. The number of nitrogens with zero attached hydrogens (tertiary/aromatic N) is 2. The summed E-state index contributed by atoms with van der Waals surface area (Å²) in [6.45, 7) is 1.95. The van der Waals surface area contributed by atoms with Crippen molar-refractivity contribution in [2.24, 2.45) is 4.99 Å². The summed E-state index contributed by atoms with van der Waals surface area (Å²) in [6, 6.07) is 17.0. The van der Waals surface area contributed by atoms with Crippen LogP contribution in [0, 0.1) is 6.92 Å². The molecule has 0 aliphatic rings. The number of hydrogen-bond donors (Lipinski definition) is 1. The van der Waals surface area contributed by atoms with Crippen molar-refractivity contribution in [2.75, 3.05) is 0 Å². The van der Waals surface area contributed by atoms with Crippen LogP contribution in [-0.2, 0) is 0 Å². The van der Waals surface area contributed by atoms with Crippen LogP contribution in [0.2, 0.25) is 0 Å². The van der Waals surface area contributed by atoms with Gasteiger partial charge in [0.1, 0.15) is 5.75 Å². The van der Waals surface area contributed by atoms with Gasteiger partial charge in [-0.05, 0) is 31.2 Å². The zero-order valence-electron chi connectivity index (χ0n) is 11.1. The molecule has 3 aromatic rings. The minimum absolute atomic E-state index is 0.228. The molecular weight excluding hydrogens is 248 g/mol. The van der Waals surface area contributed by atoms with Crippen LogP contribution in [0.1, 0.15) is 11.3 Å². The van der Waals surface area contributed by atoms with E-state index in [1.54, 1.807) is 18.3 Å². The minimum atomic E-state index is 0.228. The summed E-state index contributed by atoms with van der Waals surface area (Å²) in [4.78, 5) is 8.99. The van der Waals surface area contributed by atoms with Crippen molar-refractivity contribution < 1.29 is 5.11 Å². The topological polar surface area (TPSA) is 45.5 Å². The number of para-hydroxylation sites is 2. The number of aromatic hydroxyl groups is 1. The Morgan fingerprint density at radius 3 is 2.65 bits per heavy atom. The fourth-order valence-electron chi connectivity index (χ4n) is 2.13. The molecule has 2 aromatic carbocycles. The number of rotatable bonds is 2. The summed E-state index contributed by atoms with van der Waals surface area (Å²) >= 11 is 0. The lowest BCUT2D eigenvalue weighted by molar-refractivity contribution is 0.474. The molecule has 3 nitrogen and oxygen atoms in total. The van der Waals surface area contributed by atoms with Gasteiger partial charge in [0.15, 0.2) is 0 Å². The SMILES string of the molecule is Cc1cc(N=Cc2ccccc2O)c2ccccc2n1. The van der Waals surface area contributed by atoms with Gasteiger partial charge >= 0.3 is 0 Å². The highest BCUT2D eigenvalue weighted by Gasteiger charge is 2.02. The summed E-state index contributed by atoms with van der Waals surface area (Å²) < 4.78 is 0. The number of phenolic OH excluding ortho intramolecular Hbond substituents is 1. The first-order valence-corrected chi connectivity index (χ1v) is 6.42. The van der Waals surface area contributed by atoms with Gasteiger partial charge in [-0.25, -0.2) is 0 Å². The molecule has 0 spiro atoms. The van der Waals surface area contributed by atoms with E-state index < -0.39 is 0 Å². The lowest BCUT2D eigenvalue weighted by atomic mass is 10.1. The predicted molar refractivity (Wildman–Crippen MR) is 81.8 cm³/mol. The molecule has 1 aromatic heterocycles. The molecule has 20 heavy (non-hydrogen) atoms. The fourth-order valence-corrected chi connectivity index (χ4v) is 2.13. The number of aryl methyl sites for hydroxylation is 1. The first kappa shape index (κ1) is 12.4. The third-order valence-electron chi connectivity index (χ3n) is 3.10. The quantitative estimate of drug-likeness (QED) is 0.709. The molecule has 0 atom stereocenters. The van der Waals surface area contributed by atoms with Gasteiger partial charge in [0.2, 0.25) is 0 Å². The number of benzene rings is 2. The molecule has 0 aliphatic heterocycles. The molecule has 0 unspecified atom stereocenters. The van der Waals surface area contributed by atoms with Crippen molar-refractivity contribution in [3.05, 3.63) is 65.9 Å². The van der Waals surface area contributed by atoms with E-state index in [4.69, 9.17) is 0 Å². The molecule has 3 rings (SSSR count). The van der Waals surface area contributed by atoms with Crippen LogP contribution in [0.5, 0.6) is 5.75 Å². The standard InChI is InChI=1S/C17H14N2O/c1-12-10-16(14-7-3-4-8-15(14)19-12)18-11-13-6-2-5-9-17(13)20/h2-11,20H,1H3. The average Bonchev–Trinajstić information content (AvgIpc) is 2.46. The maximum atomic E-state index is 9.75. The van der Waals surface area contributed by atoms with Gasteiger partial charge in [-0.1, -0.05) is 30.3 Å². The number of aliphatic imine (C=N–C) groups is 1. The summed E-state index contributed by atoms with van der Waals surface area (Å²) in [5, 5.41) is 10.8. The molecule has 0 saturated heterocycles. The lowest BCUT2D eigenvalue weighted by Gasteiger charge is -2.03. The zero-order chi connectivity index (χ0) is 13.9. The average molecular weight is 262 g/mol.